The molecule has 3 aromatic heterocycles. The van der Waals surface area contributed by atoms with Crippen molar-refractivity contribution in [2.75, 3.05) is 17.4 Å². The number of thiazole rings is 1. The van der Waals surface area contributed by atoms with E-state index in [2.05, 4.69) is 34.8 Å². The average molecular weight is 489 g/mol. The minimum absolute atomic E-state index is 0.236. The Morgan fingerprint density at radius 3 is 2.56 bits per heavy atom. The lowest BCUT2D eigenvalue weighted by Gasteiger charge is -2.28. The number of hydrogen-bond donors (Lipinski definition) is 1. The number of thiophene rings is 1. The van der Waals surface area contributed by atoms with Crippen molar-refractivity contribution in [3.8, 4) is 10.7 Å². The molecule has 1 N–H and O–H groups in total. The van der Waals surface area contributed by atoms with Crippen molar-refractivity contribution in [3.05, 3.63) is 52.9 Å². The van der Waals surface area contributed by atoms with E-state index >= 15 is 0 Å². The van der Waals surface area contributed by atoms with Crippen LogP contribution in [0.25, 0.3) is 21.6 Å². The van der Waals surface area contributed by atoms with Gasteiger partial charge in [0.2, 0.25) is 0 Å². The Morgan fingerprint density at radius 1 is 1.12 bits per heavy atom. The van der Waals surface area contributed by atoms with Crippen molar-refractivity contribution in [2.45, 2.75) is 44.5 Å². The first-order chi connectivity index (χ1) is 15.3. The van der Waals surface area contributed by atoms with Crippen LogP contribution in [0.5, 0.6) is 0 Å². The number of aromatic amines is 1. The molecule has 0 radical (unpaired) electrons. The second-order valence-corrected chi connectivity index (χ2v) is 11.9. The molecule has 0 fully saturated rings. The van der Waals surface area contributed by atoms with Gasteiger partial charge in [-0.25, -0.2) is 13.4 Å². The molecule has 170 valence electrons. The fourth-order valence-corrected chi connectivity index (χ4v) is 7.48. The molecule has 32 heavy (non-hydrogen) atoms. The van der Waals surface area contributed by atoms with Gasteiger partial charge in [-0.3, -0.25) is 9.21 Å². The van der Waals surface area contributed by atoms with Crippen LogP contribution in [0.2, 0.25) is 0 Å². The first-order valence-electron chi connectivity index (χ1n) is 10.7. The molecule has 0 aliphatic carbocycles. The van der Waals surface area contributed by atoms with E-state index in [1.165, 1.54) is 20.5 Å². The van der Waals surface area contributed by atoms with Crippen LogP contribution in [-0.4, -0.2) is 42.4 Å². The second kappa shape index (κ2) is 9.35. The molecule has 0 amide bonds. The molecule has 0 bridgehead atoms. The number of fused-ring (bicyclic) bond motifs is 1. The Bertz CT molecular complexity index is 1290. The zero-order valence-corrected chi connectivity index (χ0v) is 21.1. The lowest BCUT2D eigenvalue weighted by molar-refractivity contribution is 0.298. The van der Waals surface area contributed by atoms with Gasteiger partial charge < -0.3 is 4.98 Å². The van der Waals surface area contributed by atoms with Crippen molar-refractivity contribution in [2.24, 2.45) is 0 Å². The number of hydrogen-bond acceptors (Lipinski definition) is 6. The molecule has 4 rings (SSSR count). The van der Waals surface area contributed by atoms with Crippen molar-refractivity contribution >= 4 is 49.3 Å². The molecule has 0 saturated carbocycles. The molecule has 3 heterocycles. The molecule has 0 saturated heterocycles. The SMILES string of the molecule is CCN(CC)Cc1cnc(-c2cc3cccc(N(C(C)C)S(=O)(=O)c4cccs4)c3[nH]2)s1. The summed E-state index contributed by atoms with van der Waals surface area (Å²) < 4.78 is 28.7. The third-order valence-corrected chi connectivity index (χ3v) is 9.79. The van der Waals surface area contributed by atoms with Crippen LogP contribution in [0.1, 0.15) is 32.6 Å². The molecule has 6 nitrogen and oxygen atoms in total. The molecular weight excluding hydrogens is 460 g/mol. The maximum absolute atomic E-state index is 13.4. The molecule has 0 atom stereocenters. The summed E-state index contributed by atoms with van der Waals surface area (Å²) >= 11 is 2.91. The zero-order valence-electron chi connectivity index (χ0n) is 18.7. The van der Waals surface area contributed by atoms with Crippen molar-refractivity contribution in [1.29, 1.82) is 0 Å². The number of anilines is 1. The second-order valence-electron chi connectivity index (χ2n) is 7.84. The lowest BCUT2D eigenvalue weighted by Crippen LogP contribution is -2.36. The Labute approximate surface area is 197 Å². The summed E-state index contributed by atoms with van der Waals surface area (Å²) in [5.74, 6) is 0. The summed E-state index contributed by atoms with van der Waals surface area (Å²) in [4.78, 5) is 11.7. The van der Waals surface area contributed by atoms with Crippen molar-refractivity contribution in [1.82, 2.24) is 14.9 Å². The molecule has 0 unspecified atom stereocenters. The summed E-state index contributed by atoms with van der Waals surface area (Å²) in [5, 5.41) is 3.66. The fraction of sp³-hybridized carbons (Fsp3) is 0.348. The number of rotatable bonds is 9. The summed E-state index contributed by atoms with van der Waals surface area (Å²) in [7, 11) is -3.66. The highest BCUT2D eigenvalue weighted by molar-refractivity contribution is 7.94. The molecule has 0 aliphatic heterocycles. The number of nitrogens with one attached hydrogen (secondary N) is 1. The average Bonchev–Trinajstić information content (AvgIpc) is 3.52. The summed E-state index contributed by atoms with van der Waals surface area (Å²) in [6.07, 6.45) is 1.94. The van der Waals surface area contributed by atoms with E-state index in [0.29, 0.717) is 9.90 Å². The normalized spacial score (nSPS) is 12.3. The smallest absolute Gasteiger partial charge is 0.274 e. The third kappa shape index (κ3) is 4.34. The van der Waals surface area contributed by atoms with E-state index in [1.54, 1.807) is 28.8 Å². The number of nitrogens with zero attached hydrogens (tertiary/aromatic N) is 3. The highest BCUT2D eigenvalue weighted by Crippen LogP contribution is 2.36. The maximum atomic E-state index is 13.4. The van der Waals surface area contributed by atoms with Crippen LogP contribution < -0.4 is 4.31 Å². The van der Waals surface area contributed by atoms with E-state index in [-0.39, 0.29) is 6.04 Å². The minimum Gasteiger partial charge on any atom is -0.351 e. The summed E-state index contributed by atoms with van der Waals surface area (Å²) in [6, 6.07) is 11.0. The van der Waals surface area contributed by atoms with Crippen LogP contribution in [0.4, 0.5) is 5.69 Å². The van der Waals surface area contributed by atoms with Gasteiger partial charge in [0.1, 0.15) is 9.22 Å². The maximum Gasteiger partial charge on any atom is 0.274 e. The van der Waals surface area contributed by atoms with E-state index in [4.69, 9.17) is 0 Å². The monoisotopic (exact) mass is 488 g/mol. The Balaban J connectivity index is 1.75. The molecule has 0 spiro atoms. The van der Waals surface area contributed by atoms with Crippen molar-refractivity contribution in [3.63, 3.8) is 0 Å². The van der Waals surface area contributed by atoms with Gasteiger partial charge in [0.25, 0.3) is 10.0 Å². The van der Waals surface area contributed by atoms with Gasteiger partial charge in [0.05, 0.1) is 16.9 Å². The van der Waals surface area contributed by atoms with Gasteiger partial charge >= 0.3 is 0 Å². The van der Waals surface area contributed by atoms with Crippen LogP contribution >= 0.6 is 22.7 Å². The van der Waals surface area contributed by atoms with E-state index in [9.17, 15) is 8.42 Å². The van der Waals surface area contributed by atoms with Gasteiger partial charge in [-0.05, 0) is 50.5 Å². The molecular formula is C23H28N4O2S3. The molecule has 1 aromatic carbocycles. The van der Waals surface area contributed by atoms with Crippen LogP contribution in [-0.2, 0) is 16.6 Å². The molecule has 0 aliphatic rings. The highest BCUT2D eigenvalue weighted by Gasteiger charge is 2.30. The van der Waals surface area contributed by atoms with Crippen LogP contribution in [0, 0.1) is 0 Å². The predicted molar refractivity (Wildman–Crippen MR) is 135 cm³/mol. The number of aromatic nitrogens is 2. The first kappa shape index (κ1) is 23.0. The number of H-pyrrole nitrogens is 1. The topological polar surface area (TPSA) is 69.3 Å². The number of sulfonamides is 1. The first-order valence-corrected chi connectivity index (χ1v) is 13.9. The predicted octanol–water partition coefficient (Wildman–Crippen LogP) is 5.80. The molecule has 9 heteroatoms. The highest BCUT2D eigenvalue weighted by atomic mass is 32.2. The molecule has 4 aromatic rings. The van der Waals surface area contributed by atoms with E-state index < -0.39 is 10.0 Å². The fourth-order valence-electron chi connectivity index (χ4n) is 3.80. The van der Waals surface area contributed by atoms with Gasteiger partial charge in [-0.15, -0.1) is 22.7 Å². The Kier molecular flexibility index (Phi) is 6.71. The largest absolute Gasteiger partial charge is 0.351 e. The third-order valence-electron chi connectivity index (χ3n) is 5.41. The minimum atomic E-state index is -3.66. The number of benzene rings is 1. The summed E-state index contributed by atoms with van der Waals surface area (Å²) in [5.41, 5.74) is 2.36. The van der Waals surface area contributed by atoms with Crippen molar-refractivity contribution < 1.29 is 8.42 Å². The van der Waals surface area contributed by atoms with Gasteiger partial charge in [-0.2, -0.15) is 0 Å². The Hall–Kier alpha value is -2.20. The standard InChI is InChI=1S/C23H28N4O2S3/c1-5-26(6-2)15-18-14-24-23(31-18)19-13-17-9-7-10-20(22(17)25-19)27(16(3)4)32(28,29)21-11-8-12-30-21/h7-14,16,25H,5-6,15H2,1-4H3. The lowest BCUT2D eigenvalue weighted by atomic mass is 10.2. The quantitative estimate of drug-likeness (QED) is 0.323. The summed E-state index contributed by atoms with van der Waals surface area (Å²) in [6.45, 7) is 11.0. The van der Waals surface area contributed by atoms with Gasteiger partial charge in [0, 0.05) is 29.0 Å². The van der Waals surface area contributed by atoms with Gasteiger partial charge in [0.15, 0.2) is 0 Å². The van der Waals surface area contributed by atoms with Crippen LogP contribution in [0.15, 0.2) is 52.2 Å². The Morgan fingerprint density at radius 2 is 1.91 bits per heavy atom. The number of para-hydroxylation sites is 1. The van der Waals surface area contributed by atoms with Gasteiger partial charge in [-0.1, -0.05) is 32.0 Å². The van der Waals surface area contributed by atoms with Crippen LogP contribution in [0.3, 0.4) is 0 Å². The van der Waals surface area contributed by atoms with E-state index in [1.807, 2.05) is 38.2 Å². The van der Waals surface area contributed by atoms with E-state index in [0.717, 1.165) is 41.2 Å². The zero-order chi connectivity index (χ0) is 22.9.